The van der Waals surface area contributed by atoms with Gasteiger partial charge in [0.2, 0.25) is 5.91 Å². The number of rotatable bonds is 18. The smallest absolute Gasteiger partial charge is 0.306 e. The Morgan fingerprint density at radius 1 is 1.14 bits per heavy atom. The van der Waals surface area contributed by atoms with Gasteiger partial charge in [-0.1, -0.05) is 83.5 Å². The molecule has 0 spiro atoms. The van der Waals surface area contributed by atoms with Crippen LogP contribution in [0.2, 0.25) is 0 Å². The Bertz CT molecular complexity index is 1200. The van der Waals surface area contributed by atoms with E-state index in [1.54, 1.807) is 24.3 Å². The summed E-state index contributed by atoms with van der Waals surface area (Å²) in [5, 5.41) is 14.8. The molecule has 2 rings (SSSR count). The van der Waals surface area contributed by atoms with E-state index in [-0.39, 0.29) is 47.8 Å². The Balaban J connectivity index is 2.28. The molecular formula is C33H50N4O5S. The average Bonchev–Trinajstić information content (AvgIpc) is 3.46. The molecule has 0 fully saturated rings. The van der Waals surface area contributed by atoms with Crippen LogP contribution in [0, 0.1) is 17.8 Å². The standard InChI is InChI=1S/C33H50N4O5S/c1-9-22(6)29(34)32(39)37(8)27(21(4)5)17-28(42-18-20(2)3)31-36-26(19-43-31)30(38)35-25(15-23(7)33(40)41)16-24-13-11-10-12-14-24/h10-14,19,21-23,25,27-29H,2,9,15-18,34H2,1,3-8H3,(H,35,38)(H,40,41). The van der Waals surface area contributed by atoms with Gasteiger partial charge in [0.15, 0.2) is 0 Å². The van der Waals surface area contributed by atoms with Crippen molar-refractivity contribution in [2.75, 3.05) is 13.7 Å². The maximum absolute atomic E-state index is 13.4. The fourth-order valence-electron chi connectivity index (χ4n) is 4.89. The molecule has 1 heterocycles. The lowest BCUT2D eigenvalue weighted by molar-refractivity contribution is -0.141. The number of hydrogen-bond donors (Lipinski definition) is 3. The molecule has 6 unspecified atom stereocenters. The molecule has 2 amide bonds. The number of benzene rings is 1. The highest BCUT2D eigenvalue weighted by Gasteiger charge is 2.33. The molecule has 4 N–H and O–H groups in total. The number of carbonyl (C=O) groups is 3. The van der Waals surface area contributed by atoms with Crippen LogP contribution >= 0.6 is 11.3 Å². The summed E-state index contributed by atoms with van der Waals surface area (Å²) < 4.78 is 6.24. The van der Waals surface area contributed by atoms with Gasteiger partial charge in [-0.3, -0.25) is 14.4 Å². The first kappa shape index (κ1) is 36.1. The van der Waals surface area contributed by atoms with E-state index >= 15 is 0 Å². The van der Waals surface area contributed by atoms with Crippen LogP contribution in [0.1, 0.15) is 88.0 Å². The molecule has 9 nitrogen and oxygen atoms in total. The van der Waals surface area contributed by atoms with Crippen LogP contribution < -0.4 is 11.1 Å². The molecule has 0 saturated carbocycles. The van der Waals surface area contributed by atoms with E-state index in [1.807, 2.05) is 51.1 Å². The molecule has 10 heteroatoms. The number of carboxylic acid groups (broad SMARTS) is 1. The summed E-state index contributed by atoms with van der Waals surface area (Å²) in [7, 11) is 1.79. The minimum absolute atomic E-state index is 0.0578. The van der Waals surface area contributed by atoms with E-state index in [0.717, 1.165) is 17.6 Å². The number of carbonyl (C=O) groups excluding carboxylic acids is 2. The summed E-state index contributed by atoms with van der Waals surface area (Å²) in [5.41, 5.74) is 8.40. The van der Waals surface area contributed by atoms with Gasteiger partial charge >= 0.3 is 5.97 Å². The predicted molar refractivity (Wildman–Crippen MR) is 172 cm³/mol. The third-order valence-corrected chi connectivity index (χ3v) is 8.83. The van der Waals surface area contributed by atoms with Crippen LogP contribution in [0.3, 0.4) is 0 Å². The van der Waals surface area contributed by atoms with Gasteiger partial charge in [-0.2, -0.15) is 0 Å². The summed E-state index contributed by atoms with van der Waals surface area (Å²) in [6.45, 7) is 15.9. The summed E-state index contributed by atoms with van der Waals surface area (Å²) in [6, 6.07) is 8.51. The first-order valence-electron chi connectivity index (χ1n) is 15.1. The molecule has 0 saturated heterocycles. The average molecular weight is 615 g/mol. The van der Waals surface area contributed by atoms with E-state index in [4.69, 9.17) is 10.5 Å². The quantitative estimate of drug-likeness (QED) is 0.189. The van der Waals surface area contributed by atoms with E-state index in [0.29, 0.717) is 24.5 Å². The van der Waals surface area contributed by atoms with Crippen LogP contribution in [0.5, 0.6) is 0 Å². The second-order valence-electron chi connectivity index (χ2n) is 12.1. The molecule has 2 aromatic rings. The number of hydrogen-bond acceptors (Lipinski definition) is 7. The van der Waals surface area contributed by atoms with E-state index in [1.165, 1.54) is 11.3 Å². The fraction of sp³-hybridized carbons (Fsp3) is 0.576. The fourth-order valence-corrected chi connectivity index (χ4v) is 5.75. The zero-order valence-electron chi connectivity index (χ0n) is 26.7. The number of nitrogens with two attached hydrogens (primary N) is 1. The predicted octanol–water partition coefficient (Wildman–Crippen LogP) is 5.48. The van der Waals surface area contributed by atoms with Gasteiger partial charge in [-0.05, 0) is 37.2 Å². The molecule has 43 heavy (non-hydrogen) atoms. The number of nitrogens with zero attached hydrogens (tertiary/aromatic N) is 2. The Labute approximate surface area is 260 Å². The van der Waals surface area contributed by atoms with Gasteiger partial charge in [-0.15, -0.1) is 11.3 Å². The van der Waals surface area contributed by atoms with E-state index in [2.05, 4.69) is 30.7 Å². The Morgan fingerprint density at radius 2 is 1.79 bits per heavy atom. The summed E-state index contributed by atoms with van der Waals surface area (Å²) in [4.78, 5) is 44.6. The largest absolute Gasteiger partial charge is 0.481 e. The molecule has 0 aliphatic rings. The minimum atomic E-state index is -0.908. The maximum Gasteiger partial charge on any atom is 0.306 e. The van der Waals surface area contributed by atoms with Gasteiger partial charge in [0.05, 0.1) is 18.6 Å². The Kier molecular flexibility index (Phi) is 14.5. The minimum Gasteiger partial charge on any atom is -0.481 e. The third-order valence-electron chi connectivity index (χ3n) is 7.89. The van der Waals surface area contributed by atoms with E-state index < -0.39 is 24.0 Å². The molecule has 1 aromatic heterocycles. The SMILES string of the molecule is C=C(C)COC(CC(C(C)C)N(C)C(=O)C(N)C(C)CC)c1nc(C(=O)NC(Cc2ccccc2)CC(C)C(=O)O)cs1. The zero-order chi connectivity index (χ0) is 32.3. The number of ether oxygens (including phenoxy) is 1. The highest BCUT2D eigenvalue weighted by Crippen LogP contribution is 2.31. The van der Waals surface area contributed by atoms with Crippen LogP contribution in [0.25, 0.3) is 0 Å². The molecule has 0 bridgehead atoms. The van der Waals surface area contributed by atoms with Gasteiger partial charge < -0.3 is 25.8 Å². The molecular weight excluding hydrogens is 564 g/mol. The van der Waals surface area contributed by atoms with Crippen molar-refractivity contribution in [3.63, 3.8) is 0 Å². The van der Waals surface area contributed by atoms with Crippen LogP contribution in [-0.2, 0) is 20.7 Å². The third kappa shape index (κ3) is 11.2. The number of aliphatic carboxylic acids is 1. The van der Waals surface area contributed by atoms with Crippen molar-refractivity contribution < 1.29 is 24.2 Å². The van der Waals surface area contributed by atoms with Gasteiger partial charge in [0, 0.05) is 30.9 Å². The number of likely N-dealkylation sites (N-methyl/N-ethyl adjacent to an activating group) is 1. The summed E-state index contributed by atoms with van der Waals surface area (Å²) in [6.07, 6.45) is 1.59. The number of thiazole rings is 1. The Hall–Kier alpha value is -3.08. The Morgan fingerprint density at radius 3 is 2.35 bits per heavy atom. The second kappa shape index (κ2) is 17.3. The lowest BCUT2D eigenvalue weighted by atomic mass is 9.93. The van der Waals surface area contributed by atoms with Crippen molar-refractivity contribution in [2.24, 2.45) is 23.5 Å². The van der Waals surface area contributed by atoms with Crippen LogP contribution in [0.15, 0.2) is 47.9 Å². The molecule has 0 aliphatic heterocycles. The zero-order valence-corrected chi connectivity index (χ0v) is 27.5. The lowest BCUT2D eigenvalue weighted by Crippen LogP contribution is -2.51. The molecule has 6 atom stereocenters. The normalized spacial score (nSPS) is 15.7. The van der Waals surface area contributed by atoms with E-state index in [9.17, 15) is 19.5 Å². The van der Waals surface area contributed by atoms with Crippen molar-refractivity contribution in [3.05, 3.63) is 64.1 Å². The number of aromatic nitrogens is 1. The second-order valence-corrected chi connectivity index (χ2v) is 13.0. The molecule has 0 aliphatic carbocycles. The highest BCUT2D eigenvalue weighted by molar-refractivity contribution is 7.09. The maximum atomic E-state index is 13.4. The number of amides is 2. The van der Waals surface area contributed by atoms with Gasteiger partial charge in [0.25, 0.3) is 5.91 Å². The van der Waals surface area contributed by atoms with Gasteiger partial charge in [0.1, 0.15) is 16.8 Å². The van der Waals surface area contributed by atoms with Gasteiger partial charge in [-0.25, -0.2) is 4.98 Å². The molecule has 0 radical (unpaired) electrons. The first-order valence-corrected chi connectivity index (χ1v) is 15.9. The summed E-state index contributed by atoms with van der Waals surface area (Å²) >= 11 is 1.33. The lowest BCUT2D eigenvalue weighted by Gasteiger charge is -2.36. The van der Waals surface area contributed by atoms with Crippen molar-refractivity contribution in [3.8, 4) is 0 Å². The number of carboxylic acids is 1. The summed E-state index contributed by atoms with van der Waals surface area (Å²) in [5.74, 6) is -1.83. The van der Waals surface area contributed by atoms with Crippen LogP contribution in [-0.4, -0.2) is 64.6 Å². The first-order chi connectivity index (χ1) is 20.2. The van der Waals surface area contributed by atoms with Crippen molar-refractivity contribution in [2.45, 2.75) is 91.5 Å². The monoisotopic (exact) mass is 614 g/mol. The highest BCUT2D eigenvalue weighted by atomic mass is 32.1. The van der Waals surface area contributed by atoms with Crippen molar-refractivity contribution in [1.29, 1.82) is 0 Å². The molecule has 238 valence electrons. The number of nitrogens with one attached hydrogen (secondary N) is 1. The topological polar surface area (TPSA) is 135 Å². The van der Waals surface area contributed by atoms with Crippen molar-refractivity contribution >= 4 is 29.1 Å². The molecule has 1 aromatic carbocycles. The van der Waals surface area contributed by atoms with Crippen molar-refractivity contribution in [1.82, 2.24) is 15.2 Å². The van der Waals surface area contributed by atoms with Crippen LogP contribution in [0.4, 0.5) is 0 Å².